The van der Waals surface area contributed by atoms with Gasteiger partial charge in [-0.15, -0.1) is 19.8 Å². The molecule has 1 saturated carbocycles. The molecule has 0 atom stereocenters. The van der Waals surface area contributed by atoms with E-state index in [2.05, 4.69) is 23.5 Å². The zero-order valence-corrected chi connectivity index (χ0v) is 17.8. The van der Waals surface area contributed by atoms with Crippen molar-refractivity contribution in [1.82, 2.24) is 0 Å². The quantitative estimate of drug-likeness (QED) is 0.277. The lowest BCUT2D eigenvalue weighted by Crippen LogP contribution is -2.17. The molecule has 32 heavy (non-hydrogen) atoms. The number of hydrogen-bond acceptors (Lipinski definition) is 1. The smallest absolute Gasteiger partial charge is 0.406 e. The van der Waals surface area contributed by atoms with Gasteiger partial charge in [0.2, 0.25) is 0 Å². The average molecular weight is 442 g/mol. The van der Waals surface area contributed by atoms with Crippen molar-refractivity contribution < 1.29 is 22.3 Å². The topological polar surface area (TPSA) is 9.23 Å². The van der Waals surface area contributed by atoms with Gasteiger partial charge in [-0.2, -0.15) is 0 Å². The van der Waals surface area contributed by atoms with Gasteiger partial charge in [-0.3, -0.25) is 0 Å². The number of alkyl halides is 3. The Morgan fingerprint density at radius 1 is 0.906 bits per heavy atom. The van der Waals surface area contributed by atoms with E-state index in [4.69, 9.17) is 0 Å². The van der Waals surface area contributed by atoms with E-state index in [1.54, 1.807) is 12.1 Å². The number of ether oxygens (including phenoxy) is 1. The summed E-state index contributed by atoms with van der Waals surface area (Å²) in [6.45, 7) is 3.90. The largest absolute Gasteiger partial charge is 0.573 e. The van der Waals surface area contributed by atoms with Crippen LogP contribution in [0.3, 0.4) is 0 Å². The maximum Gasteiger partial charge on any atom is 0.573 e. The summed E-state index contributed by atoms with van der Waals surface area (Å²) in [6.07, 6.45) is 2.92. The minimum Gasteiger partial charge on any atom is -0.406 e. The second-order valence-corrected chi connectivity index (χ2v) is 8.56. The molecule has 5 heteroatoms. The number of fused-ring (bicyclic) bond motifs is 1. The highest BCUT2D eigenvalue weighted by Crippen LogP contribution is 2.37. The monoisotopic (exact) mass is 442 g/mol. The van der Waals surface area contributed by atoms with Gasteiger partial charge in [-0.1, -0.05) is 48.5 Å². The van der Waals surface area contributed by atoms with Crippen LogP contribution in [0.25, 0.3) is 10.8 Å². The first-order valence-corrected chi connectivity index (χ1v) is 11.0. The van der Waals surface area contributed by atoms with Gasteiger partial charge in [0.1, 0.15) is 11.6 Å². The molecule has 1 fully saturated rings. The van der Waals surface area contributed by atoms with Gasteiger partial charge in [0.25, 0.3) is 0 Å². The Bertz CT molecular complexity index is 1080. The molecular formula is C27H26F4O. The lowest BCUT2D eigenvalue weighted by molar-refractivity contribution is -0.274. The van der Waals surface area contributed by atoms with Crippen LogP contribution in [0.15, 0.2) is 67.3 Å². The standard InChI is InChI=1S/C27H26F4O/c1-2-18-3-8-20(9-4-18)22-13-16-25-23(17-22)12-11-21(26(25)28)10-5-19-6-14-24(15-7-19)32-27(29,30)31/h2,6-7,11-18,20H,1,3-5,8-10H2. The molecule has 0 amide bonds. The molecule has 0 aromatic heterocycles. The van der Waals surface area contributed by atoms with Crippen LogP contribution in [0.4, 0.5) is 17.6 Å². The van der Waals surface area contributed by atoms with Crippen molar-refractivity contribution in [3.05, 3.63) is 89.8 Å². The second-order valence-electron chi connectivity index (χ2n) is 8.56. The third-order valence-electron chi connectivity index (χ3n) is 6.47. The van der Waals surface area contributed by atoms with Gasteiger partial charge >= 0.3 is 6.36 Å². The van der Waals surface area contributed by atoms with Crippen molar-refractivity contribution in [3.8, 4) is 5.75 Å². The van der Waals surface area contributed by atoms with Crippen molar-refractivity contribution in [3.63, 3.8) is 0 Å². The van der Waals surface area contributed by atoms with E-state index < -0.39 is 6.36 Å². The highest BCUT2D eigenvalue weighted by atomic mass is 19.4. The minimum absolute atomic E-state index is 0.221. The Labute approximate surface area is 185 Å². The van der Waals surface area contributed by atoms with Crippen LogP contribution in [0.5, 0.6) is 5.75 Å². The highest BCUT2D eigenvalue weighted by molar-refractivity contribution is 5.84. The first kappa shape index (κ1) is 22.4. The zero-order valence-electron chi connectivity index (χ0n) is 17.8. The van der Waals surface area contributed by atoms with Crippen molar-refractivity contribution in [2.24, 2.45) is 5.92 Å². The van der Waals surface area contributed by atoms with E-state index in [1.165, 1.54) is 17.7 Å². The molecule has 0 heterocycles. The normalized spacial score (nSPS) is 19.1. The van der Waals surface area contributed by atoms with Gasteiger partial charge in [-0.25, -0.2) is 4.39 Å². The fourth-order valence-corrected chi connectivity index (χ4v) is 4.63. The Balaban J connectivity index is 1.44. The fourth-order valence-electron chi connectivity index (χ4n) is 4.63. The van der Waals surface area contributed by atoms with E-state index in [0.29, 0.717) is 35.6 Å². The van der Waals surface area contributed by atoms with Crippen LogP contribution in [-0.2, 0) is 12.8 Å². The van der Waals surface area contributed by atoms with E-state index in [9.17, 15) is 13.2 Å². The Kier molecular flexibility index (Phi) is 6.54. The molecule has 1 aliphatic rings. The lowest BCUT2D eigenvalue weighted by atomic mass is 9.78. The Morgan fingerprint density at radius 3 is 2.28 bits per heavy atom. The van der Waals surface area contributed by atoms with E-state index in [-0.39, 0.29) is 11.6 Å². The zero-order chi connectivity index (χ0) is 22.7. The summed E-state index contributed by atoms with van der Waals surface area (Å²) in [5, 5.41) is 1.52. The summed E-state index contributed by atoms with van der Waals surface area (Å²) < 4.78 is 55.9. The molecular weight excluding hydrogens is 416 g/mol. The second kappa shape index (κ2) is 9.35. The molecule has 168 valence electrons. The summed E-state index contributed by atoms with van der Waals surface area (Å²) in [6, 6.07) is 15.5. The molecule has 3 aromatic rings. The third-order valence-corrected chi connectivity index (χ3v) is 6.47. The molecule has 4 rings (SSSR count). The molecule has 0 aliphatic heterocycles. The van der Waals surface area contributed by atoms with E-state index in [1.807, 2.05) is 24.3 Å². The van der Waals surface area contributed by atoms with Crippen molar-refractivity contribution in [2.75, 3.05) is 0 Å². The van der Waals surface area contributed by atoms with Crippen LogP contribution >= 0.6 is 0 Å². The molecule has 0 saturated heterocycles. The Morgan fingerprint density at radius 2 is 1.62 bits per heavy atom. The summed E-state index contributed by atoms with van der Waals surface area (Å²) in [5.74, 6) is 0.649. The van der Waals surface area contributed by atoms with Crippen molar-refractivity contribution >= 4 is 10.8 Å². The number of hydrogen-bond donors (Lipinski definition) is 0. The van der Waals surface area contributed by atoms with Gasteiger partial charge in [-0.05, 0) is 84.6 Å². The molecule has 1 nitrogen and oxygen atoms in total. The van der Waals surface area contributed by atoms with E-state index >= 15 is 4.39 Å². The van der Waals surface area contributed by atoms with Gasteiger partial charge in [0.05, 0.1) is 0 Å². The number of aryl methyl sites for hydroxylation is 2. The number of halogens is 4. The van der Waals surface area contributed by atoms with Crippen LogP contribution in [-0.4, -0.2) is 6.36 Å². The van der Waals surface area contributed by atoms with Crippen LogP contribution in [0.1, 0.15) is 48.3 Å². The molecule has 3 aromatic carbocycles. The van der Waals surface area contributed by atoms with Gasteiger partial charge < -0.3 is 4.74 Å². The number of benzene rings is 3. The van der Waals surface area contributed by atoms with Crippen molar-refractivity contribution in [2.45, 2.75) is 50.8 Å². The summed E-state index contributed by atoms with van der Waals surface area (Å²) in [7, 11) is 0. The Hall–Kier alpha value is -2.82. The highest BCUT2D eigenvalue weighted by Gasteiger charge is 2.31. The SMILES string of the molecule is C=CC1CCC(c2ccc3c(F)c(CCc4ccc(OC(F)(F)F)cc4)ccc3c2)CC1. The van der Waals surface area contributed by atoms with Crippen molar-refractivity contribution in [1.29, 1.82) is 0 Å². The van der Waals surface area contributed by atoms with Gasteiger partial charge in [0.15, 0.2) is 0 Å². The summed E-state index contributed by atoms with van der Waals surface area (Å²) in [5.41, 5.74) is 2.70. The first-order chi connectivity index (χ1) is 15.3. The molecule has 0 unspecified atom stereocenters. The number of allylic oxidation sites excluding steroid dienone is 1. The molecule has 0 spiro atoms. The predicted octanol–water partition coefficient (Wildman–Crippen LogP) is 8.12. The van der Waals surface area contributed by atoms with Gasteiger partial charge in [0, 0.05) is 5.39 Å². The molecule has 0 bridgehead atoms. The van der Waals surface area contributed by atoms with E-state index in [0.717, 1.165) is 36.6 Å². The molecule has 0 radical (unpaired) electrons. The first-order valence-electron chi connectivity index (χ1n) is 11.0. The van der Waals surface area contributed by atoms with Crippen LogP contribution < -0.4 is 4.74 Å². The van der Waals surface area contributed by atoms with Crippen LogP contribution in [0, 0.1) is 11.7 Å². The maximum atomic E-state index is 15.1. The molecule has 0 N–H and O–H groups in total. The number of rotatable bonds is 6. The average Bonchev–Trinajstić information content (AvgIpc) is 2.78. The minimum atomic E-state index is -4.71. The summed E-state index contributed by atoms with van der Waals surface area (Å²) >= 11 is 0. The fraction of sp³-hybridized carbons (Fsp3) is 0.333. The van der Waals surface area contributed by atoms with Crippen LogP contribution in [0.2, 0.25) is 0 Å². The lowest BCUT2D eigenvalue weighted by Gasteiger charge is -2.27. The predicted molar refractivity (Wildman–Crippen MR) is 119 cm³/mol. The molecule has 1 aliphatic carbocycles. The maximum absolute atomic E-state index is 15.1. The third kappa shape index (κ3) is 5.32. The summed E-state index contributed by atoms with van der Waals surface area (Å²) in [4.78, 5) is 0.